The number of aryl methyl sites for hydroxylation is 1. The molecule has 3 N–H and O–H groups in total. The zero-order valence-electron chi connectivity index (χ0n) is 14.5. The maximum atomic E-state index is 13.1. The van der Waals surface area contributed by atoms with Gasteiger partial charge in [0.25, 0.3) is 0 Å². The van der Waals surface area contributed by atoms with E-state index in [4.69, 9.17) is 34.8 Å². The number of rotatable bonds is 3. The van der Waals surface area contributed by atoms with Gasteiger partial charge >= 0.3 is 12.2 Å². The first-order chi connectivity index (χ1) is 13.5. The number of hydrogen-bond acceptors (Lipinski definition) is 4. The van der Waals surface area contributed by atoms with E-state index in [0.717, 1.165) is 5.56 Å². The fourth-order valence-electron chi connectivity index (χ4n) is 2.38. The minimum atomic E-state index is -4.83. The standard InChI is InChI=1S/C17H11Cl3F3N5O/c1-7-2-3-10(19)12(4-7)24-16(29)28-27-14-9-5-8(18)6-11(20)13(9)25-15(26-14)17(21,22)23/h2-6H,1H3,(H2,24,28,29)(H,25,26,27). The molecule has 3 aromatic rings. The first kappa shape index (κ1) is 21.2. The van der Waals surface area contributed by atoms with E-state index < -0.39 is 18.0 Å². The van der Waals surface area contributed by atoms with Crippen LogP contribution >= 0.6 is 34.8 Å². The summed E-state index contributed by atoms with van der Waals surface area (Å²) in [6.45, 7) is 1.80. The summed E-state index contributed by atoms with van der Waals surface area (Å²) >= 11 is 17.9. The molecule has 1 heterocycles. The van der Waals surface area contributed by atoms with Crippen LogP contribution in [0.3, 0.4) is 0 Å². The molecule has 2 amide bonds. The highest BCUT2D eigenvalue weighted by atomic mass is 35.5. The summed E-state index contributed by atoms with van der Waals surface area (Å²) in [6, 6.07) is 6.76. The molecule has 0 atom stereocenters. The van der Waals surface area contributed by atoms with Gasteiger partial charge in [0, 0.05) is 10.4 Å². The van der Waals surface area contributed by atoms with Gasteiger partial charge in [-0.1, -0.05) is 40.9 Å². The van der Waals surface area contributed by atoms with Crippen LogP contribution < -0.4 is 16.2 Å². The van der Waals surface area contributed by atoms with Crippen LogP contribution in [0.25, 0.3) is 10.9 Å². The van der Waals surface area contributed by atoms with Gasteiger partial charge in [0.1, 0.15) is 0 Å². The van der Waals surface area contributed by atoms with Crippen molar-refractivity contribution < 1.29 is 18.0 Å². The number of fused-ring (bicyclic) bond motifs is 1. The SMILES string of the molecule is Cc1ccc(Cl)c(NC(=O)NNc2nc(C(F)(F)F)nc3c(Cl)cc(Cl)cc23)c1. The maximum absolute atomic E-state index is 13.1. The lowest BCUT2D eigenvalue weighted by atomic mass is 10.2. The highest BCUT2D eigenvalue weighted by Crippen LogP contribution is 2.34. The van der Waals surface area contributed by atoms with Crippen LogP contribution in [-0.2, 0) is 6.18 Å². The van der Waals surface area contributed by atoms with Crippen molar-refractivity contribution in [1.29, 1.82) is 0 Å². The second kappa shape index (κ2) is 8.10. The normalized spacial score (nSPS) is 11.4. The Kier molecular flexibility index (Phi) is 5.92. The smallest absolute Gasteiger partial charge is 0.305 e. The van der Waals surface area contributed by atoms with Crippen LogP contribution in [0.4, 0.5) is 29.5 Å². The summed E-state index contributed by atoms with van der Waals surface area (Å²) in [4.78, 5) is 19.0. The number of benzene rings is 2. The molecule has 3 rings (SSSR count). The second-order valence-electron chi connectivity index (χ2n) is 5.86. The molecule has 0 saturated heterocycles. The Labute approximate surface area is 177 Å². The average molecular weight is 465 g/mol. The van der Waals surface area contributed by atoms with Crippen molar-refractivity contribution in [1.82, 2.24) is 15.4 Å². The van der Waals surface area contributed by atoms with Crippen molar-refractivity contribution >= 4 is 63.2 Å². The summed E-state index contributed by atoms with van der Waals surface area (Å²) in [5.74, 6) is -1.77. The minimum Gasteiger partial charge on any atom is -0.305 e. The number of carbonyl (C=O) groups is 1. The van der Waals surface area contributed by atoms with Gasteiger partial charge in [0.05, 0.1) is 21.2 Å². The lowest BCUT2D eigenvalue weighted by Gasteiger charge is -2.15. The fraction of sp³-hybridized carbons (Fsp3) is 0.118. The summed E-state index contributed by atoms with van der Waals surface area (Å²) < 4.78 is 39.4. The molecule has 0 spiro atoms. The highest BCUT2D eigenvalue weighted by Gasteiger charge is 2.36. The van der Waals surface area contributed by atoms with Gasteiger partial charge in [-0.05, 0) is 36.8 Å². The van der Waals surface area contributed by atoms with Gasteiger partial charge in [-0.3, -0.25) is 10.9 Å². The van der Waals surface area contributed by atoms with Crippen LogP contribution in [0, 0.1) is 6.92 Å². The zero-order chi connectivity index (χ0) is 21.3. The number of hydrazine groups is 1. The molecule has 152 valence electrons. The summed E-state index contributed by atoms with van der Waals surface area (Å²) in [6.07, 6.45) is -4.83. The number of aromatic nitrogens is 2. The molecule has 0 unspecified atom stereocenters. The van der Waals surface area contributed by atoms with Gasteiger partial charge in [-0.15, -0.1) is 0 Å². The Morgan fingerprint density at radius 1 is 1.03 bits per heavy atom. The van der Waals surface area contributed by atoms with E-state index in [1.807, 2.05) is 0 Å². The van der Waals surface area contributed by atoms with Gasteiger partial charge in [0.15, 0.2) is 5.82 Å². The first-order valence-corrected chi connectivity index (χ1v) is 9.01. The van der Waals surface area contributed by atoms with E-state index in [0.29, 0.717) is 5.69 Å². The third kappa shape index (κ3) is 4.92. The van der Waals surface area contributed by atoms with Gasteiger partial charge in [-0.25, -0.2) is 14.8 Å². The lowest BCUT2D eigenvalue weighted by Crippen LogP contribution is -2.34. The number of carbonyl (C=O) groups excluding carboxylic acids is 1. The third-order valence-electron chi connectivity index (χ3n) is 3.64. The fourth-order valence-corrected chi connectivity index (χ4v) is 3.08. The summed E-state index contributed by atoms with van der Waals surface area (Å²) in [5.41, 5.74) is 5.53. The number of amides is 2. The molecule has 12 heteroatoms. The van der Waals surface area contributed by atoms with Crippen molar-refractivity contribution in [2.24, 2.45) is 0 Å². The molecular formula is C17H11Cl3F3N5O. The molecular weight excluding hydrogens is 454 g/mol. The number of anilines is 2. The molecule has 0 saturated carbocycles. The number of nitrogens with one attached hydrogen (secondary N) is 3. The lowest BCUT2D eigenvalue weighted by molar-refractivity contribution is -0.144. The van der Waals surface area contributed by atoms with Gasteiger partial charge < -0.3 is 5.32 Å². The number of urea groups is 1. The van der Waals surface area contributed by atoms with Crippen molar-refractivity contribution in [2.45, 2.75) is 13.1 Å². The number of nitrogens with zero attached hydrogens (tertiary/aromatic N) is 2. The van der Waals surface area contributed by atoms with Crippen LogP contribution in [0.2, 0.25) is 15.1 Å². The molecule has 6 nitrogen and oxygen atoms in total. The van der Waals surface area contributed by atoms with E-state index in [1.165, 1.54) is 12.1 Å². The molecule has 1 aromatic heterocycles. The van der Waals surface area contributed by atoms with Crippen molar-refractivity contribution in [2.75, 3.05) is 10.7 Å². The Morgan fingerprint density at radius 3 is 2.45 bits per heavy atom. The molecule has 0 aliphatic carbocycles. The van der Waals surface area contributed by atoms with E-state index in [2.05, 4.69) is 26.1 Å². The van der Waals surface area contributed by atoms with Crippen LogP contribution in [0.5, 0.6) is 0 Å². The minimum absolute atomic E-state index is 0.0874. The maximum Gasteiger partial charge on any atom is 0.451 e. The Bertz CT molecular complexity index is 1110. The molecule has 0 aliphatic rings. The van der Waals surface area contributed by atoms with E-state index in [1.54, 1.807) is 25.1 Å². The Hall–Kier alpha value is -2.49. The molecule has 0 radical (unpaired) electrons. The Morgan fingerprint density at radius 2 is 1.76 bits per heavy atom. The molecule has 0 bridgehead atoms. The number of alkyl halides is 3. The molecule has 29 heavy (non-hydrogen) atoms. The van der Waals surface area contributed by atoms with Gasteiger partial charge in [0.2, 0.25) is 5.82 Å². The van der Waals surface area contributed by atoms with Crippen molar-refractivity contribution in [3.05, 3.63) is 56.8 Å². The van der Waals surface area contributed by atoms with E-state index >= 15 is 0 Å². The van der Waals surface area contributed by atoms with Gasteiger partial charge in [-0.2, -0.15) is 13.2 Å². The predicted octanol–water partition coefficient (Wildman–Crippen LogP) is 6.07. The van der Waals surface area contributed by atoms with Crippen LogP contribution in [0.1, 0.15) is 11.4 Å². The van der Waals surface area contributed by atoms with Crippen molar-refractivity contribution in [3.8, 4) is 0 Å². The predicted molar refractivity (Wildman–Crippen MR) is 107 cm³/mol. The summed E-state index contributed by atoms with van der Waals surface area (Å²) in [5, 5.41) is 2.91. The van der Waals surface area contributed by atoms with E-state index in [-0.39, 0.29) is 31.8 Å². The monoisotopic (exact) mass is 463 g/mol. The second-order valence-corrected chi connectivity index (χ2v) is 7.12. The van der Waals surface area contributed by atoms with Crippen LogP contribution in [-0.4, -0.2) is 16.0 Å². The first-order valence-electron chi connectivity index (χ1n) is 7.88. The van der Waals surface area contributed by atoms with E-state index in [9.17, 15) is 18.0 Å². The number of halogens is 6. The topological polar surface area (TPSA) is 78.9 Å². The molecule has 0 aliphatic heterocycles. The number of hydrogen-bond donors (Lipinski definition) is 3. The molecule has 0 fully saturated rings. The third-order valence-corrected chi connectivity index (χ3v) is 4.47. The van der Waals surface area contributed by atoms with Crippen LogP contribution in [0.15, 0.2) is 30.3 Å². The largest absolute Gasteiger partial charge is 0.451 e. The zero-order valence-corrected chi connectivity index (χ0v) is 16.7. The van der Waals surface area contributed by atoms with Crippen molar-refractivity contribution in [3.63, 3.8) is 0 Å². The average Bonchev–Trinajstić information content (AvgIpc) is 2.62. The Balaban J connectivity index is 1.90. The highest BCUT2D eigenvalue weighted by molar-refractivity contribution is 6.38. The molecule has 2 aromatic carbocycles. The quantitative estimate of drug-likeness (QED) is 0.411. The summed E-state index contributed by atoms with van der Waals surface area (Å²) in [7, 11) is 0.